The Morgan fingerprint density at radius 3 is 2.64 bits per heavy atom. The van der Waals surface area contributed by atoms with Crippen molar-refractivity contribution < 1.29 is 23.5 Å². The quantitative estimate of drug-likeness (QED) is 0.427. The maximum atomic E-state index is 13.2. The number of methoxy groups -OCH3 is 2. The first kappa shape index (κ1) is 22.6. The van der Waals surface area contributed by atoms with Gasteiger partial charge in [0, 0.05) is 17.7 Å². The second-order valence-electron chi connectivity index (χ2n) is 7.91. The number of aromatic nitrogens is 2. The Balaban J connectivity index is 1.49. The van der Waals surface area contributed by atoms with E-state index >= 15 is 0 Å². The normalized spacial score (nSPS) is 15.5. The van der Waals surface area contributed by atoms with Crippen LogP contribution in [0.2, 0.25) is 0 Å². The fourth-order valence-electron chi connectivity index (χ4n) is 3.92. The summed E-state index contributed by atoms with van der Waals surface area (Å²) in [6.07, 6.45) is 3.74. The number of rotatable bonds is 9. The molecule has 1 aliphatic rings. The molecular formula is C25H29N3O5. The summed E-state index contributed by atoms with van der Waals surface area (Å²) in [6, 6.07) is 12.5. The van der Waals surface area contributed by atoms with Gasteiger partial charge in [-0.1, -0.05) is 18.5 Å². The largest absolute Gasteiger partial charge is 0.494 e. The molecule has 1 atom stereocenters. The molecule has 0 bridgehead atoms. The summed E-state index contributed by atoms with van der Waals surface area (Å²) in [5.74, 6) is 2.81. The molecule has 1 saturated heterocycles. The first-order valence-corrected chi connectivity index (χ1v) is 11.2. The number of ether oxygens (including phenoxy) is 3. The molecule has 4 rings (SSSR count). The third-order valence-electron chi connectivity index (χ3n) is 5.75. The van der Waals surface area contributed by atoms with E-state index in [1.165, 1.54) is 0 Å². The van der Waals surface area contributed by atoms with Gasteiger partial charge in [-0.05, 0) is 61.7 Å². The van der Waals surface area contributed by atoms with Gasteiger partial charge in [-0.3, -0.25) is 4.79 Å². The molecule has 2 aromatic carbocycles. The van der Waals surface area contributed by atoms with Crippen molar-refractivity contribution in [3.05, 3.63) is 53.9 Å². The zero-order valence-corrected chi connectivity index (χ0v) is 19.2. The van der Waals surface area contributed by atoms with Crippen LogP contribution in [0.3, 0.4) is 0 Å². The first-order valence-electron chi connectivity index (χ1n) is 11.2. The van der Waals surface area contributed by atoms with Crippen LogP contribution in [0.5, 0.6) is 17.2 Å². The Morgan fingerprint density at radius 1 is 1.12 bits per heavy atom. The van der Waals surface area contributed by atoms with Crippen LogP contribution in [0.25, 0.3) is 11.4 Å². The number of amides is 1. The van der Waals surface area contributed by atoms with E-state index in [9.17, 15) is 4.79 Å². The smallest absolute Gasteiger partial charge is 0.254 e. The third-order valence-corrected chi connectivity index (χ3v) is 5.75. The zero-order chi connectivity index (χ0) is 23.2. The fourth-order valence-corrected chi connectivity index (χ4v) is 3.92. The standard InChI is InChI=1S/C25H29N3O5/c1-4-5-15-32-19-11-8-17(9-12-19)25(29)28-14-6-7-20(28)24-26-23(27-33-24)18-10-13-21(30-2)22(16-18)31-3/h8-13,16,20H,4-7,14-15H2,1-3H3/t20-/m1/s1. The van der Waals surface area contributed by atoms with E-state index in [2.05, 4.69) is 17.1 Å². The Hall–Kier alpha value is -3.55. The lowest BCUT2D eigenvalue weighted by atomic mass is 10.1. The first-order chi connectivity index (χ1) is 16.1. The Labute approximate surface area is 193 Å². The molecule has 8 nitrogen and oxygen atoms in total. The second-order valence-corrected chi connectivity index (χ2v) is 7.91. The third kappa shape index (κ3) is 4.94. The van der Waals surface area contributed by atoms with Crippen molar-refractivity contribution in [2.45, 2.75) is 38.6 Å². The monoisotopic (exact) mass is 451 g/mol. The molecule has 2 heterocycles. The predicted octanol–water partition coefficient (Wildman–Crippen LogP) is 4.91. The molecule has 8 heteroatoms. The number of hydrogen-bond acceptors (Lipinski definition) is 7. The Morgan fingerprint density at radius 2 is 1.91 bits per heavy atom. The van der Waals surface area contributed by atoms with Crippen LogP contribution in [-0.4, -0.2) is 48.3 Å². The van der Waals surface area contributed by atoms with Crippen molar-refractivity contribution in [3.8, 4) is 28.6 Å². The van der Waals surface area contributed by atoms with Crippen molar-refractivity contribution in [1.29, 1.82) is 0 Å². The van der Waals surface area contributed by atoms with Crippen molar-refractivity contribution >= 4 is 5.91 Å². The molecule has 0 radical (unpaired) electrons. The Kier molecular flexibility index (Phi) is 7.12. The summed E-state index contributed by atoms with van der Waals surface area (Å²) in [5, 5.41) is 4.14. The van der Waals surface area contributed by atoms with E-state index in [0.717, 1.165) is 37.0 Å². The van der Waals surface area contributed by atoms with Crippen LogP contribution in [-0.2, 0) is 0 Å². The number of carbonyl (C=O) groups excluding carboxylic acids is 1. The van der Waals surface area contributed by atoms with Crippen LogP contribution >= 0.6 is 0 Å². The van der Waals surface area contributed by atoms with Gasteiger partial charge < -0.3 is 23.6 Å². The van der Waals surface area contributed by atoms with Crippen molar-refractivity contribution in [2.75, 3.05) is 27.4 Å². The average molecular weight is 452 g/mol. The van der Waals surface area contributed by atoms with Gasteiger partial charge in [0.1, 0.15) is 11.8 Å². The minimum atomic E-state index is -0.251. The molecule has 0 aliphatic carbocycles. The molecular weight excluding hydrogens is 422 g/mol. The van der Waals surface area contributed by atoms with Crippen LogP contribution in [0.4, 0.5) is 0 Å². The molecule has 1 aliphatic heterocycles. The minimum Gasteiger partial charge on any atom is -0.494 e. The van der Waals surface area contributed by atoms with Gasteiger partial charge in [-0.25, -0.2) is 0 Å². The van der Waals surface area contributed by atoms with E-state index in [4.69, 9.17) is 18.7 Å². The highest BCUT2D eigenvalue weighted by atomic mass is 16.5. The molecule has 1 fully saturated rings. The molecule has 3 aromatic rings. The molecule has 0 unspecified atom stereocenters. The van der Waals surface area contributed by atoms with Gasteiger partial charge in [-0.15, -0.1) is 0 Å². The average Bonchev–Trinajstić information content (AvgIpc) is 3.53. The van der Waals surface area contributed by atoms with Gasteiger partial charge in [0.2, 0.25) is 11.7 Å². The van der Waals surface area contributed by atoms with Gasteiger partial charge in [0.05, 0.1) is 20.8 Å². The van der Waals surface area contributed by atoms with Crippen LogP contribution in [0.1, 0.15) is 54.9 Å². The summed E-state index contributed by atoms with van der Waals surface area (Å²) in [6.45, 7) is 3.45. The second kappa shape index (κ2) is 10.4. The summed E-state index contributed by atoms with van der Waals surface area (Å²) < 4.78 is 21.9. The highest BCUT2D eigenvalue weighted by Gasteiger charge is 2.34. The highest BCUT2D eigenvalue weighted by molar-refractivity contribution is 5.94. The topological polar surface area (TPSA) is 86.9 Å². The number of nitrogens with zero attached hydrogens (tertiary/aromatic N) is 3. The lowest BCUT2D eigenvalue weighted by Gasteiger charge is -2.22. The highest BCUT2D eigenvalue weighted by Crippen LogP contribution is 2.35. The van der Waals surface area contributed by atoms with Crippen LogP contribution < -0.4 is 14.2 Å². The lowest BCUT2D eigenvalue weighted by Crippen LogP contribution is -2.30. The molecule has 174 valence electrons. The van der Waals surface area contributed by atoms with Gasteiger partial charge in [0.25, 0.3) is 5.91 Å². The van der Waals surface area contributed by atoms with Crippen molar-refractivity contribution in [2.24, 2.45) is 0 Å². The van der Waals surface area contributed by atoms with Gasteiger partial charge in [0.15, 0.2) is 11.5 Å². The maximum absolute atomic E-state index is 13.2. The minimum absolute atomic E-state index is 0.0523. The Bertz CT molecular complexity index is 1080. The van der Waals surface area contributed by atoms with E-state index in [-0.39, 0.29) is 11.9 Å². The number of hydrogen-bond donors (Lipinski definition) is 0. The zero-order valence-electron chi connectivity index (χ0n) is 19.2. The summed E-state index contributed by atoms with van der Waals surface area (Å²) >= 11 is 0. The van der Waals surface area contributed by atoms with Gasteiger partial charge >= 0.3 is 0 Å². The predicted molar refractivity (Wildman–Crippen MR) is 123 cm³/mol. The van der Waals surface area contributed by atoms with E-state index in [0.29, 0.717) is 41.9 Å². The molecule has 0 spiro atoms. The number of carbonyl (C=O) groups is 1. The maximum Gasteiger partial charge on any atom is 0.254 e. The molecule has 0 N–H and O–H groups in total. The van der Waals surface area contributed by atoms with Crippen molar-refractivity contribution in [3.63, 3.8) is 0 Å². The van der Waals surface area contributed by atoms with Gasteiger partial charge in [-0.2, -0.15) is 4.98 Å². The molecule has 1 aromatic heterocycles. The van der Waals surface area contributed by atoms with Crippen LogP contribution in [0.15, 0.2) is 47.0 Å². The number of unbranched alkanes of at least 4 members (excludes halogenated alkanes) is 1. The van der Waals surface area contributed by atoms with Crippen LogP contribution in [0, 0.1) is 0 Å². The summed E-state index contributed by atoms with van der Waals surface area (Å²) in [7, 11) is 3.16. The molecule has 0 saturated carbocycles. The summed E-state index contributed by atoms with van der Waals surface area (Å²) in [5.41, 5.74) is 1.36. The van der Waals surface area contributed by atoms with E-state index in [1.54, 1.807) is 31.3 Å². The van der Waals surface area contributed by atoms with E-state index in [1.807, 2.05) is 30.3 Å². The van der Waals surface area contributed by atoms with Crippen molar-refractivity contribution in [1.82, 2.24) is 15.0 Å². The molecule has 33 heavy (non-hydrogen) atoms. The number of likely N-dealkylation sites (tertiary alicyclic amines) is 1. The fraction of sp³-hybridized carbons (Fsp3) is 0.400. The SMILES string of the molecule is CCCCOc1ccc(C(=O)N2CCC[C@@H]2c2nc(-c3ccc(OC)c(OC)c3)no2)cc1. The number of benzene rings is 2. The molecule has 1 amide bonds. The van der Waals surface area contributed by atoms with E-state index < -0.39 is 0 Å². The summed E-state index contributed by atoms with van der Waals surface area (Å²) in [4.78, 5) is 19.6. The lowest BCUT2D eigenvalue weighted by molar-refractivity contribution is 0.0710.